The molecule has 0 aliphatic carbocycles. The number of rotatable bonds is 5. The average molecular weight is 406 g/mol. The number of nitrogens with zero attached hydrogens (tertiary/aromatic N) is 2. The van der Waals surface area contributed by atoms with Crippen molar-refractivity contribution in [3.8, 4) is 17.0 Å². The molecule has 0 aliphatic rings. The molecule has 0 unspecified atom stereocenters. The number of carbonyl (C=O) groups excluding carboxylic acids is 1. The van der Waals surface area contributed by atoms with Crippen molar-refractivity contribution < 1.29 is 9.53 Å². The lowest BCUT2D eigenvalue weighted by Crippen LogP contribution is -2.15. The Morgan fingerprint density at radius 3 is 2.69 bits per heavy atom. The number of benzene rings is 2. The van der Waals surface area contributed by atoms with Gasteiger partial charge in [0.2, 0.25) is 5.91 Å². The zero-order valence-electron chi connectivity index (χ0n) is 16.1. The number of hydrogen-bond acceptors (Lipinski definition) is 3. The summed E-state index contributed by atoms with van der Waals surface area (Å²) in [5.41, 5.74) is 5.23. The summed E-state index contributed by atoms with van der Waals surface area (Å²) in [6, 6.07) is 16.9. The van der Waals surface area contributed by atoms with Gasteiger partial charge in [-0.3, -0.25) is 4.79 Å². The first-order valence-corrected chi connectivity index (χ1v) is 9.58. The third-order valence-corrected chi connectivity index (χ3v) is 4.98. The van der Waals surface area contributed by atoms with Crippen LogP contribution in [0.1, 0.15) is 11.1 Å². The van der Waals surface area contributed by atoms with Gasteiger partial charge in [-0.05, 0) is 54.4 Å². The maximum Gasteiger partial charge on any atom is 0.228 e. The smallest absolute Gasteiger partial charge is 0.228 e. The summed E-state index contributed by atoms with van der Waals surface area (Å²) in [5.74, 6) is 0.465. The summed E-state index contributed by atoms with van der Waals surface area (Å²) in [6.07, 6.45) is 4.19. The molecule has 0 spiro atoms. The lowest BCUT2D eigenvalue weighted by Gasteiger charge is -2.12. The number of halogens is 1. The standard InChI is InChI=1S/C23H20ClN3O2/c1-15-4-3-11-27-14-20(26-23(15)27)17-7-10-21(29-2)19(13-17)25-22(28)12-16-5-8-18(24)9-6-16/h3-11,13-14H,12H2,1-2H3,(H,25,28). The van der Waals surface area contributed by atoms with Gasteiger partial charge < -0.3 is 14.5 Å². The second kappa shape index (κ2) is 7.97. The van der Waals surface area contributed by atoms with Crippen LogP contribution >= 0.6 is 11.6 Å². The van der Waals surface area contributed by atoms with E-state index in [1.807, 2.05) is 66.2 Å². The molecule has 146 valence electrons. The van der Waals surface area contributed by atoms with Gasteiger partial charge in [0.1, 0.15) is 11.4 Å². The minimum absolute atomic E-state index is 0.131. The molecule has 5 nitrogen and oxygen atoms in total. The summed E-state index contributed by atoms with van der Waals surface area (Å²) in [7, 11) is 1.58. The number of fused-ring (bicyclic) bond motifs is 1. The van der Waals surface area contributed by atoms with Crippen molar-refractivity contribution in [3.05, 3.63) is 83.1 Å². The molecule has 29 heavy (non-hydrogen) atoms. The Hall–Kier alpha value is -3.31. The van der Waals surface area contributed by atoms with Gasteiger partial charge in [0.05, 0.1) is 24.9 Å². The topological polar surface area (TPSA) is 55.6 Å². The fraction of sp³-hybridized carbons (Fsp3) is 0.130. The number of imidazole rings is 1. The maximum absolute atomic E-state index is 12.5. The third kappa shape index (κ3) is 4.10. The second-order valence-electron chi connectivity index (χ2n) is 6.81. The van der Waals surface area contributed by atoms with E-state index in [1.165, 1.54) is 0 Å². The summed E-state index contributed by atoms with van der Waals surface area (Å²) < 4.78 is 7.42. The van der Waals surface area contributed by atoms with Crippen molar-refractivity contribution in [3.63, 3.8) is 0 Å². The predicted molar refractivity (Wildman–Crippen MR) is 116 cm³/mol. The highest BCUT2D eigenvalue weighted by molar-refractivity contribution is 6.30. The molecule has 4 aromatic rings. The van der Waals surface area contributed by atoms with E-state index in [9.17, 15) is 4.79 Å². The summed E-state index contributed by atoms with van der Waals surface area (Å²) in [5, 5.41) is 3.59. The fourth-order valence-electron chi connectivity index (χ4n) is 3.24. The molecule has 4 rings (SSSR count). The van der Waals surface area contributed by atoms with Gasteiger partial charge in [-0.25, -0.2) is 4.98 Å². The first-order chi connectivity index (χ1) is 14.0. The van der Waals surface area contributed by atoms with Crippen LogP contribution in [0.2, 0.25) is 5.02 Å². The number of ether oxygens (including phenoxy) is 1. The lowest BCUT2D eigenvalue weighted by atomic mass is 10.1. The van der Waals surface area contributed by atoms with Crippen LogP contribution in [0.4, 0.5) is 5.69 Å². The predicted octanol–water partition coefficient (Wildman–Crippen LogP) is 5.15. The quantitative estimate of drug-likeness (QED) is 0.499. The van der Waals surface area contributed by atoms with Gasteiger partial charge in [-0.1, -0.05) is 29.8 Å². The van der Waals surface area contributed by atoms with E-state index in [1.54, 1.807) is 19.2 Å². The minimum Gasteiger partial charge on any atom is -0.495 e. The SMILES string of the molecule is COc1ccc(-c2cn3cccc(C)c3n2)cc1NC(=O)Cc1ccc(Cl)cc1. The molecule has 0 fully saturated rings. The zero-order chi connectivity index (χ0) is 20.4. The largest absolute Gasteiger partial charge is 0.495 e. The first kappa shape index (κ1) is 19.0. The molecule has 0 radical (unpaired) electrons. The molecule has 0 bridgehead atoms. The Morgan fingerprint density at radius 2 is 1.97 bits per heavy atom. The number of aryl methyl sites for hydroxylation is 1. The van der Waals surface area contributed by atoms with E-state index in [0.29, 0.717) is 16.5 Å². The van der Waals surface area contributed by atoms with E-state index >= 15 is 0 Å². The van der Waals surface area contributed by atoms with Gasteiger partial charge >= 0.3 is 0 Å². The molecule has 0 saturated heterocycles. The molecule has 1 N–H and O–H groups in total. The number of anilines is 1. The van der Waals surface area contributed by atoms with Crippen molar-refractivity contribution in [2.75, 3.05) is 12.4 Å². The van der Waals surface area contributed by atoms with Crippen LogP contribution in [0.3, 0.4) is 0 Å². The Morgan fingerprint density at radius 1 is 1.17 bits per heavy atom. The molecular weight excluding hydrogens is 386 g/mol. The van der Waals surface area contributed by atoms with Crippen LogP contribution in [0.15, 0.2) is 67.0 Å². The monoisotopic (exact) mass is 405 g/mol. The Labute approximate surface area is 173 Å². The Kier molecular flexibility index (Phi) is 5.23. The van der Waals surface area contributed by atoms with Crippen molar-refractivity contribution in [1.82, 2.24) is 9.38 Å². The van der Waals surface area contributed by atoms with Crippen LogP contribution in [-0.4, -0.2) is 22.4 Å². The molecule has 2 aromatic heterocycles. The highest BCUT2D eigenvalue weighted by Gasteiger charge is 2.12. The average Bonchev–Trinajstić information content (AvgIpc) is 3.15. The Bertz CT molecular complexity index is 1180. The van der Waals surface area contributed by atoms with Crippen LogP contribution in [0, 0.1) is 6.92 Å². The van der Waals surface area contributed by atoms with Gasteiger partial charge in [-0.15, -0.1) is 0 Å². The fourth-order valence-corrected chi connectivity index (χ4v) is 3.37. The number of pyridine rings is 1. The molecule has 0 aliphatic heterocycles. The van der Waals surface area contributed by atoms with Crippen LogP contribution in [0.5, 0.6) is 5.75 Å². The maximum atomic E-state index is 12.5. The number of carbonyl (C=O) groups is 1. The van der Waals surface area contributed by atoms with Crippen LogP contribution < -0.4 is 10.1 Å². The summed E-state index contributed by atoms with van der Waals surface area (Å²) in [4.78, 5) is 17.3. The lowest BCUT2D eigenvalue weighted by molar-refractivity contribution is -0.115. The number of methoxy groups -OCH3 is 1. The summed E-state index contributed by atoms with van der Waals surface area (Å²) >= 11 is 5.91. The number of hydrogen-bond donors (Lipinski definition) is 1. The zero-order valence-corrected chi connectivity index (χ0v) is 16.9. The van der Waals surface area contributed by atoms with E-state index in [-0.39, 0.29) is 12.3 Å². The molecule has 2 aromatic carbocycles. The van der Waals surface area contributed by atoms with E-state index in [2.05, 4.69) is 5.32 Å². The molecule has 0 saturated carbocycles. The molecule has 1 amide bonds. The van der Waals surface area contributed by atoms with Gasteiger partial charge in [0.15, 0.2) is 0 Å². The van der Waals surface area contributed by atoms with E-state index in [0.717, 1.165) is 28.0 Å². The highest BCUT2D eigenvalue weighted by Crippen LogP contribution is 2.31. The number of aromatic nitrogens is 2. The minimum atomic E-state index is -0.131. The van der Waals surface area contributed by atoms with Gasteiger partial charge in [0.25, 0.3) is 0 Å². The molecule has 6 heteroatoms. The first-order valence-electron chi connectivity index (χ1n) is 9.20. The van der Waals surface area contributed by atoms with E-state index in [4.69, 9.17) is 21.3 Å². The van der Waals surface area contributed by atoms with Crippen molar-refractivity contribution >= 4 is 28.8 Å². The molecule has 2 heterocycles. The number of amides is 1. The van der Waals surface area contributed by atoms with Crippen molar-refractivity contribution in [2.24, 2.45) is 0 Å². The van der Waals surface area contributed by atoms with Crippen LogP contribution in [0.25, 0.3) is 16.9 Å². The normalized spacial score (nSPS) is 10.9. The summed E-state index contributed by atoms with van der Waals surface area (Å²) in [6.45, 7) is 2.03. The second-order valence-corrected chi connectivity index (χ2v) is 7.25. The molecule has 0 atom stereocenters. The van der Waals surface area contributed by atoms with Crippen LogP contribution in [-0.2, 0) is 11.2 Å². The molecular formula is C23H20ClN3O2. The van der Waals surface area contributed by atoms with Gasteiger partial charge in [0, 0.05) is 23.0 Å². The van der Waals surface area contributed by atoms with Crippen molar-refractivity contribution in [1.29, 1.82) is 0 Å². The Balaban J connectivity index is 1.61. The van der Waals surface area contributed by atoms with Crippen molar-refractivity contribution in [2.45, 2.75) is 13.3 Å². The number of nitrogens with one attached hydrogen (secondary N) is 1. The van der Waals surface area contributed by atoms with E-state index < -0.39 is 0 Å². The third-order valence-electron chi connectivity index (χ3n) is 4.73. The van der Waals surface area contributed by atoms with Gasteiger partial charge in [-0.2, -0.15) is 0 Å². The highest BCUT2D eigenvalue weighted by atomic mass is 35.5.